The number of carbonyl (C=O) groups is 2. The molecule has 3 N–H and O–H groups in total. The van der Waals surface area contributed by atoms with E-state index in [4.69, 9.17) is 5.11 Å². The minimum absolute atomic E-state index is 0.107. The van der Waals surface area contributed by atoms with Gasteiger partial charge in [0, 0.05) is 12.0 Å². The molecule has 1 aliphatic rings. The van der Waals surface area contributed by atoms with Crippen LogP contribution in [0.25, 0.3) is 10.6 Å². The van der Waals surface area contributed by atoms with Crippen molar-refractivity contribution in [2.75, 3.05) is 0 Å². The second-order valence-electron chi connectivity index (χ2n) is 6.96. The van der Waals surface area contributed by atoms with Gasteiger partial charge in [-0.15, -0.1) is 11.3 Å². The molecule has 30 heavy (non-hydrogen) atoms. The molecule has 156 valence electrons. The summed E-state index contributed by atoms with van der Waals surface area (Å²) in [5.41, 5.74) is -0.728. The van der Waals surface area contributed by atoms with Crippen LogP contribution in [0.2, 0.25) is 0 Å². The van der Waals surface area contributed by atoms with Gasteiger partial charge in [0.1, 0.15) is 15.4 Å². The Labute approximate surface area is 175 Å². The topological polar surface area (TPSA) is 147 Å². The Bertz CT molecular complexity index is 1230. The maximum absolute atomic E-state index is 13.0. The molecular formula is C19H16N2O7S2. The van der Waals surface area contributed by atoms with Crippen molar-refractivity contribution in [1.29, 1.82) is 0 Å². The lowest BCUT2D eigenvalue weighted by Crippen LogP contribution is -2.45. The van der Waals surface area contributed by atoms with Crippen molar-refractivity contribution in [1.82, 2.24) is 9.88 Å². The van der Waals surface area contributed by atoms with Crippen LogP contribution in [0.3, 0.4) is 0 Å². The fourth-order valence-electron chi connectivity index (χ4n) is 3.67. The van der Waals surface area contributed by atoms with Crippen LogP contribution in [0.4, 0.5) is 0 Å². The number of sulfonamides is 1. The van der Waals surface area contributed by atoms with Gasteiger partial charge in [0.2, 0.25) is 5.76 Å². The highest BCUT2D eigenvalue weighted by Gasteiger charge is 2.70. The van der Waals surface area contributed by atoms with Gasteiger partial charge in [0.15, 0.2) is 0 Å². The fourth-order valence-corrected chi connectivity index (χ4v) is 6.38. The zero-order valence-electron chi connectivity index (χ0n) is 15.5. The van der Waals surface area contributed by atoms with Crippen LogP contribution in [-0.2, 0) is 14.8 Å². The van der Waals surface area contributed by atoms with Gasteiger partial charge in [-0.25, -0.2) is 13.2 Å². The van der Waals surface area contributed by atoms with Crippen molar-refractivity contribution in [3.63, 3.8) is 0 Å². The molecular weight excluding hydrogens is 432 g/mol. The summed E-state index contributed by atoms with van der Waals surface area (Å²) in [7, 11) is -4.16. The summed E-state index contributed by atoms with van der Waals surface area (Å²) in [4.78, 5) is 23.4. The van der Waals surface area contributed by atoms with E-state index >= 15 is 0 Å². The molecule has 9 nitrogen and oxygen atoms in total. The molecule has 11 heteroatoms. The average Bonchev–Trinajstić information content (AvgIpc) is 3.14. The predicted octanol–water partition coefficient (Wildman–Crippen LogP) is 2.64. The molecule has 1 aliphatic carbocycles. The quantitative estimate of drug-likeness (QED) is 0.500. The van der Waals surface area contributed by atoms with Crippen LogP contribution in [0.15, 0.2) is 57.3 Å². The summed E-state index contributed by atoms with van der Waals surface area (Å²) in [5.74, 6) is -3.85. The van der Waals surface area contributed by atoms with Gasteiger partial charge in [-0.1, -0.05) is 42.4 Å². The van der Waals surface area contributed by atoms with E-state index in [-0.39, 0.29) is 15.7 Å². The molecule has 0 amide bonds. The van der Waals surface area contributed by atoms with E-state index in [9.17, 15) is 23.1 Å². The standard InChI is InChI=1S/C19H16N2O7S2/c1-10-16(11-5-3-2-4-6-11)19(10,18(24)25)21-30(26,27)15-8-7-14(29-15)12-9-13(17(22)23)28-20-12/h2-10,16,21H,1H3,(H,22,23)(H,24,25)/t10-,16-,19+/m1/s1. The number of aliphatic carboxylic acids is 1. The van der Waals surface area contributed by atoms with Crippen LogP contribution >= 0.6 is 11.3 Å². The Hall–Kier alpha value is -3.02. The highest BCUT2D eigenvalue weighted by molar-refractivity contribution is 7.91. The number of nitrogens with one attached hydrogen (secondary N) is 1. The number of hydrogen-bond acceptors (Lipinski definition) is 7. The Balaban J connectivity index is 1.63. The molecule has 2 aromatic heterocycles. The predicted molar refractivity (Wildman–Crippen MR) is 106 cm³/mol. The number of carboxylic acids is 2. The maximum Gasteiger partial charge on any atom is 0.374 e. The summed E-state index contributed by atoms with van der Waals surface area (Å²) in [6.07, 6.45) is 0. The van der Waals surface area contributed by atoms with Gasteiger partial charge < -0.3 is 14.7 Å². The second kappa shape index (κ2) is 7.04. The molecule has 1 saturated carbocycles. The number of nitrogens with zero attached hydrogens (tertiary/aromatic N) is 1. The molecule has 0 saturated heterocycles. The lowest BCUT2D eigenvalue weighted by molar-refractivity contribution is -0.140. The number of aromatic nitrogens is 1. The minimum Gasteiger partial charge on any atom is -0.480 e. The molecule has 3 atom stereocenters. The highest BCUT2D eigenvalue weighted by Crippen LogP contribution is 2.58. The monoisotopic (exact) mass is 448 g/mol. The number of benzene rings is 1. The normalized spacial score (nSPS) is 23.2. The van der Waals surface area contributed by atoms with E-state index in [1.165, 1.54) is 18.2 Å². The van der Waals surface area contributed by atoms with Crippen LogP contribution in [0.5, 0.6) is 0 Å². The van der Waals surface area contributed by atoms with Gasteiger partial charge in [-0.05, 0) is 23.6 Å². The number of thiophene rings is 1. The first-order chi connectivity index (χ1) is 14.2. The van der Waals surface area contributed by atoms with Gasteiger partial charge in [-0.3, -0.25) is 4.79 Å². The first-order valence-electron chi connectivity index (χ1n) is 8.79. The Morgan fingerprint density at radius 2 is 1.87 bits per heavy atom. The number of aromatic carboxylic acids is 1. The Morgan fingerprint density at radius 3 is 2.47 bits per heavy atom. The van der Waals surface area contributed by atoms with Gasteiger partial charge >= 0.3 is 11.9 Å². The highest BCUT2D eigenvalue weighted by atomic mass is 32.2. The summed E-state index contributed by atoms with van der Waals surface area (Å²) in [5, 5.41) is 22.4. The molecule has 3 aromatic rings. The SMILES string of the molecule is C[C@@H]1[C@H](c2ccccc2)[C@]1(NS(=O)(=O)c1ccc(-c2cc(C(=O)O)on2)s1)C(=O)O. The van der Waals surface area contributed by atoms with Gasteiger partial charge in [-0.2, -0.15) is 4.72 Å². The van der Waals surface area contributed by atoms with E-state index in [0.717, 1.165) is 16.9 Å². The minimum atomic E-state index is -4.16. The molecule has 0 bridgehead atoms. The summed E-state index contributed by atoms with van der Waals surface area (Å²) in [6.45, 7) is 1.69. The molecule has 0 unspecified atom stereocenters. The van der Waals surface area contributed by atoms with Gasteiger partial charge in [0.05, 0.1) is 4.88 Å². The van der Waals surface area contributed by atoms with E-state index in [0.29, 0.717) is 4.88 Å². The molecule has 1 fully saturated rings. The average molecular weight is 448 g/mol. The largest absolute Gasteiger partial charge is 0.480 e. The van der Waals surface area contributed by atoms with Crippen molar-refractivity contribution in [2.45, 2.75) is 22.6 Å². The van der Waals surface area contributed by atoms with Gasteiger partial charge in [0.25, 0.3) is 10.0 Å². The van der Waals surface area contributed by atoms with Crippen molar-refractivity contribution >= 4 is 33.3 Å². The van der Waals surface area contributed by atoms with Crippen molar-refractivity contribution in [3.05, 3.63) is 59.9 Å². The number of hydrogen-bond donors (Lipinski definition) is 3. The van der Waals surface area contributed by atoms with Crippen molar-refractivity contribution in [3.8, 4) is 10.6 Å². The van der Waals surface area contributed by atoms with E-state index in [1.54, 1.807) is 37.3 Å². The molecule has 4 rings (SSSR count). The number of rotatable bonds is 7. The number of carboxylic acid groups (broad SMARTS) is 2. The Kier molecular flexibility index (Phi) is 4.76. The summed E-state index contributed by atoms with van der Waals surface area (Å²) >= 11 is 0.838. The third kappa shape index (κ3) is 3.20. The zero-order chi connectivity index (χ0) is 21.7. The molecule has 2 heterocycles. The maximum atomic E-state index is 13.0. The zero-order valence-corrected chi connectivity index (χ0v) is 17.1. The third-order valence-corrected chi connectivity index (χ3v) is 8.32. The molecule has 0 spiro atoms. The lowest BCUT2D eigenvalue weighted by atomic mass is 10.1. The fraction of sp³-hybridized carbons (Fsp3) is 0.211. The Morgan fingerprint density at radius 1 is 1.17 bits per heavy atom. The smallest absolute Gasteiger partial charge is 0.374 e. The third-order valence-electron chi connectivity index (χ3n) is 5.24. The first kappa shape index (κ1) is 20.3. The van der Waals surface area contributed by atoms with Crippen LogP contribution < -0.4 is 4.72 Å². The lowest BCUT2D eigenvalue weighted by Gasteiger charge is -2.15. The van der Waals surface area contributed by atoms with Crippen molar-refractivity contribution < 1.29 is 32.7 Å². The van der Waals surface area contributed by atoms with Crippen LogP contribution in [0.1, 0.15) is 29.0 Å². The molecule has 1 aromatic carbocycles. The first-order valence-corrected chi connectivity index (χ1v) is 11.1. The molecule has 0 radical (unpaired) electrons. The van der Waals surface area contributed by atoms with Crippen LogP contribution in [0, 0.1) is 5.92 Å². The van der Waals surface area contributed by atoms with E-state index in [2.05, 4.69) is 14.4 Å². The van der Waals surface area contributed by atoms with Crippen molar-refractivity contribution in [2.24, 2.45) is 5.92 Å². The summed E-state index contributed by atoms with van der Waals surface area (Å²) < 4.78 is 32.9. The van der Waals surface area contributed by atoms with E-state index in [1.807, 2.05) is 0 Å². The summed E-state index contributed by atoms with van der Waals surface area (Å²) in [6, 6.07) is 12.9. The van der Waals surface area contributed by atoms with Crippen LogP contribution in [-0.4, -0.2) is 41.3 Å². The van der Waals surface area contributed by atoms with E-state index < -0.39 is 39.3 Å². The molecule has 0 aliphatic heterocycles. The second-order valence-corrected chi connectivity index (χ2v) is 9.95.